The van der Waals surface area contributed by atoms with Crippen LogP contribution in [0.1, 0.15) is 22.6 Å². The van der Waals surface area contributed by atoms with Crippen LogP contribution in [0.25, 0.3) is 0 Å². The molecule has 1 heterocycles. The molecule has 5 heteroatoms. The number of nitrogens with zero attached hydrogens (tertiary/aromatic N) is 1. The first kappa shape index (κ1) is 12.3. The third-order valence-electron chi connectivity index (χ3n) is 3.10. The van der Waals surface area contributed by atoms with Gasteiger partial charge in [-0.15, -0.1) is 11.3 Å². The van der Waals surface area contributed by atoms with Crippen LogP contribution in [0.3, 0.4) is 0 Å². The Morgan fingerprint density at radius 3 is 3.11 bits per heavy atom. The molecule has 98 valence electrons. The number of nitrogens with one attached hydrogen (secondary N) is 1. The number of hydrogen-bond acceptors (Lipinski definition) is 3. The van der Waals surface area contributed by atoms with Gasteiger partial charge in [0, 0.05) is 4.88 Å². The maximum absolute atomic E-state index is 13.0. The molecular formula is C14H13FN2OS. The Bertz CT molecular complexity index is 602. The summed E-state index contributed by atoms with van der Waals surface area (Å²) in [6.45, 7) is 0. The number of benzene rings is 1. The zero-order valence-electron chi connectivity index (χ0n) is 10.3. The topological polar surface area (TPSA) is 42.0 Å². The normalized spacial score (nSPS) is 13.3. The Kier molecular flexibility index (Phi) is 3.29. The van der Waals surface area contributed by atoms with Crippen LogP contribution in [0, 0.1) is 5.82 Å². The maximum Gasteiger partial charge on any atom is 0.230 e. The number of carbonyl (C=O) groups is 1. The summed E-state index contributed by atoms with van der Waals surface area (Å²) in [7, 11) is 0. The van der Waals surface area contributed by atoms with Gasteiger partial charge in [0.05, 0.1) is 12.1 Å². The minimum absolute atomic E-state index is 0.155. The first-order valence-corrected chi connectivity index (χ1v) is 7.05. The highest BCUT2D eigenvalue weighted by Gasteiger charge is 2.17. The summed E-state index contributed by atoms with van der Waals surface area (Å²) in [5, 5.41) is 3.44. The summed E-state index contributed by atoms with van der Waals surface area (Å²) in [4.78, 5) is 17.5. The number of aromatic nitrogens is 1. The average Bonchev–Trinajstić information content (AvgIpc) is 2.89. The number of thiazole rings is 1. The monoisotopic (exact) mass is 276 g/mol. The summed E-state index contributed by atoms with van der Waals surface area (Å²) in [6.07, 6.45) is 3.39. The molecule has 0 spiro atoms. The number of rotatable bonds is 3. The molecule has 0 saturated carbocycles. The van der Waals surface area contributed by atoms with Gasteiger partial charge in [0.15, 0.2) is 5.13 Å². The van der Waals surface area contributed by atoms with E-state index in [4.69, 9.17) is 0 Å². The number of halogens is 1. The van der Waals surface area contributed by atoms with E-state index in [1.54, 1.807) is 23.5 Å². The SMILES string of the molecule is O=C(Cc1cccc(F)c1)Nc1nc2c(s1)CCC2. The molecule has 0 radical (unpaired) electrons. The van der Waals surface area contributed by atoms with Crippen molar-refractivity contribution in [1.82, 2.24) is 4.98 Å². The van der Waals surface area contributed by atoms with Crippen molar-refractivity contribution in [2.75, 3.05) is 5.32 Å². The van der Waals surface area contributed by atoms with Gasteiger partial charge >= 0.3 is 0 Å². The van der Waals surface area contributed by atoms with Gasteiger partial charge in [-0.25, -0.2) is 9.37 Å². The summed E-state index contributed by atoms with van der Waals surface area (Å²) in [5.41, 5.74) is 1.78. The van der Waals surface area contributed by atoms with E-state index < -0.39 is 0 Å². The van der Waals surface area contributed by atoms with Crippen molar-refractivity contribution >= 4 is 22.4 Å². The van der Waals surface area contributed by atoms with Crippen LogP contribution >= 0.6 is 11.3 Å². The highest BCUT2D eigenvalue weighted by Crippen LogP contribution is 2.30. The van der Waals surface area contributed by atoms with Crippen LogP contribution in [-0.2, 0) is 24.1 Å². The Morgan fingerprint density at radius 1 is 1.42 bits per heavy atom. The van der Waals surface area contributed by atoms with Crippen molar-refractivity contribution in [2.24, 2.45) is 0 Å². The fraction of sp³-hybridized carbons (Fsp3) is 0.286. The van der Waals surface area contributed by atoms with E-state index in [1.165, 1.54) is 17.0 Å². The van der Waals surface area contributed by atoms with Crippen molar-refractivity contribution in [1.29, 1.82) is 0 Å². The second-order valence-electron chi connectivity index (χ2n) is 4.60. The van der Waals surface area contributed by atoms with Gasteiger partial charge in [-0.1, -0.05) is 12.1 Å². The number of anilines is 1. The van der Waals surface area contributed by atoms with Gasteiger partial charge in [0.1, 0.15) is 5.82 Å². The third-order valence-corrected chi connectivity index (χ3v) is 4.17. The summed E-state index contributed by atoms with van der Waals surface area (Å²) >= 11 is 1.55. The lowest BCUT2D eigenvalue weighted by molar-refractivity contribution is -0.115. The van der Waals surface area contributed by atoms with Crippen LogP contribution in [0.2, 0.25) is 0 Å². The van der Waals surface area contributed by atoms with E-state index in [9.17, 15) is 9.18 Å². The van der Waals surface area contributed by atoms with Crippen molar-refractivity contribution < 1.29 is 9.18 Å². The van der Waals surface area contributed by atoms with E-state index in [-0.39, 0.29) is 18.1 Å². The number of hydrogen-bond donors (Lipinski definition) is 1. The third kappa shape index (κ3) is 2.81. The fourth-order valence-corrected chi connectivity index (χ4v) is 3.31. The number of carbonyl (C=O) groups excluding carboxylic acids is 1. The zero-order valence-corrected chi connectivity index (χ0v) is 11.1. The van der Waals surface area contributed by atoms with Crippen LogP contribution in [0.4, 0.5) is 9.52 Å². The molecule has 2 aromatic rings. The fourth-order valence-electron chi connectivity index (χ4n) is 2.24. The molecule has 0 atom stereocenters. The smallest absolute Gasteiger partial charge is 0.230 e. The van der Waals surface area contributed by atoms with E-state index >= 15 is 0 Å². The van der Waals surface area contributed by atoms with Gasteiger partial charge < -0.3 is 5.32 Å². The lowest BCUT2D eigenvalue weighted by Gasteiger charge is -2.02. The van der Waals surface area contributed by atoms with Crippen molar-refractivity contribution in [3.05, 3.63) is 46.2 Å². The second-order valence-corrected chi connectivity index (χ2v) is 5.68. The minimum Gasteiger partial charge on any atom is -0.302 e. The molecule has 0 unspecified atom stereocenters. The van der Waals surface area contributed by atoms with Crippen molar-refractivity contribution in [3.63, 3.8) is 0 Å². The Morgan fingerprint density at radius 2 is 2.32 bits per heavy atom. The molecular weight excluding hydrogens is 263 g/mol. The predicted molar refractivity (Wildman–Crippen MR) is 72.9 cm³/mol. The molecule has 1 aromatic carbocycles. The summed E-state index contributed by atoms with van der Waals surface area (Å²) in [6, 6.07) is 6.09. The van der Waals surface area contributed by atoms with E-state index in [0.717, 1.165) is 25.0 Å². The molecule has 1 aliphatic carbocycles. The average molecular weight is 276 g/mol. The standard InChI is InChI=1S/C14H13FN2OS/c15-10-4-1-3-9(7-10)8-13(18)17-14-16-11-5-2-6-12(11)19-14/h1,3-4,7H,2,5-6,8H2,(H,16,17,18). The first-order chi connectivity index (χ1) is 9.20. The maximum atomic E-state index is 13.0. The number of aryl methyl sites for hydroxylation is 2. The van der Waals surface area contributed by atoms with Crippen molar-refractivity contribution in [3.8, 4) is 0 Å². The zero-order chi connectivity index (χ0) is 13.2. The predicted octanol–water partition coefficient (Wildman–Crippen LogP) is 2.95. The summed E-state index contributed by atoms with van der Waals surface area (Å²) in [5.74, 6) is -0.475. The van der Waals surface area contributed by atoms with Gasteiger partial charge in [0.2, 0.25) is 5.91 Å². The Balaban J connectivity index is 1.64. The molecule has 3 rings (SSSR count). The quantitative estimate of drug-likeness (QED) is 0.936. The van der Waals surface area contributed by atoms with Gasteiger partial charge in [-0.2, -0.15) is 0 Å². The molecule has 1 aromatic heterocycles. The van der Waals surface area contributed by atoms with Crippen LogP contribution < -0.4 is 5.32 Å². The molecule has 3 nitrogen and oxygen atoms in total. The summed E-state index contributed by atoms with van der Waals surface area (Å²) < 4.78 is 13.0. The molecule has 1 amide bonds. The van der Waals surface area contributed by atoms with Crippen LogP contribution in [-0.4, -0.2) is 10.9 Å². The lowest BCUT2D eigenvalue weighted by Crippen LogP contribution is -2.14. The second kappa shape index (κ2) is 5.09. The highest BCUT2D eigenvalue weighted by molar-refractivity contribution is 7.15. The molecule has 0 fully saturated rings. The molecule has 0 bridgehead atoms. The number of fused-ring (bicyclic) bond motifs is 1. The van der Waals surface area contributed by atoms with E-state index in [1.807, 2.05) is 0 Å². The molecule has 19 heavy (non-hydrogen) atoms. The molecule has 0 saturated heterocycles. The highest BCUT2D eigenvalue weighted by atomic mass is 32.1. The van der Waals surface area contributed by atoms with Gasteiger partial charge in [0.25, 0.3) is 0 Å². The van der Waals surface area contributed by atoms with Gasteiger partial charge in [-0.3, -0.25) is 4.79 Å². The van der Waals surface area contributed by atoms with Gasteiger partial charge in [-0.05, 0) is 37.0 Å². The van der Waals surface area contributed by atoms with Crippen LogP contribution in [0.15, 0.2) is 24.3 Å². The first-order valence-electron chi connectivity index (χ1n) is 6.23. The van der Waals surface area contributed by atoms with Crippen LogP contribution in [0.5, 0.6) is 0 Å². The lowest BCUT2D eigenvalue weighted by atomic mass is 10.1. The van der Waals surface area contributed by atoms with E-state index in [2.05, 4.69) is 10.3 Å². The number of amides is 1. The Hall–Kier alpha value is -1.75. The largest absolute Gasteiger partial charge is 0.302 e. The molecule has 0 aliphatic heterocycles. The minimum atomic E-state index is -0.321. The van der Waals surface area contributed by atoms with Crippen molar-refractivity contribution in [2.45, 2.75) is 25.7 Å². The van der Waals surface area contributed by atoms with E-state index in [0.29, 0.717) is 10.7 Å². The Labute approximate surface area is 114 Å². The molecule has 1 aliphatic rings. The molecule has 1 N–H and O–H groups in total.